The van der Waals surface area contributed by atoms with Crippen LogP contribution in [0.1, 0.15) is 0 Å². The lowest BCUT2D eigenvalue weighted by Crippen LogP contribution is -2.06. The van der Waals surface area contributed by atoms with E-state index in [0.717, 1.165) is 25.3 Å². The molecular formula is C27H10F10O. The smallest absolute Gasteiger partial charge is 0.204 e. The van der Waals surface area contributed by atoms with Gasteiger partial charge in [0.1, 0.15) is 17.5 Å². The Balaban J connectivity index is 2.13. The van der Waals surface area contributed by atoms with Crippen molar-refractivity contribution >= 4 is 21.5 Å². The first-order valence-electron chi connectivity index (χ1n) is 10.6. The molecule has 5 aromatic carbocycles. The molecule has 0 heterocycles. The zero-order chi connectivity index (χ0) is 27.6. The van der Waals surface area contributed by atoms with Crippen molar-refractivity contribution in [3.8, 4) is 28.0 Å². The van der Waals surface area contributed by atoms with Gasteiger partial charge in [-0.15, -0.1) is 0 Å². The van der Waals surface area contributed by atoms with Gasteiger partial charge in [-0.25, -0.2) is 35.1 Å². The number of rotatable bonds is 3. The van der Waals surface area contributed by atoms with Gasteiger partial charge in [0.25, 0.3) is 0 Å². The largest absolute Gasteiger partial charge is 0.491 e. The zero-order valence-corrected chi connectivity index (χ0v) is 18.7. The van der Waals surface area contributed by atoms with E-state index < -0.39 is 108 Å². The minimum Gasteiger partial charge on any atom is -0.491 e. The summed E-state index contributed by atoms with van der Waals surface area (Å²) in [6, 6.07) is 4.73. The first kappa shape index (κ1) is 25.4. The lowest BCUT2D eigenvalue weighted by atomic mass is 9.84. The third-order valence-corrected chi connectivity index (χ3v) is 6.09. The van der Waals surface area contributed by atoms with E-state index in [1.807, 2.05) is 0 Å². The number of ether oxygens (including phenoxy) is 1. The number of fused-ring (bicyclic) bond motifs is 2. The molecule has 0 aliphatic rings. The summed E-state index contributed by atoms with van der Waals surface area (Å²) in [5, 5.41) is -3.30. The number of halogens is 10. The maximum absolute atomic E-state index is 15.3. The molecule has 0 N–H and O–H groups in total. The van der Waals surface area contributed by atoms with Crippen molar-refractivity contribution in [2.75, 3.05) is 7.11 Å². The van der Waals surface area contributed by atoms with Crippen LogP contribution in [0, 0.1) is 58.2 Å². The third-order valence-electron chi connectivity index (χ3n) is 6.09. The molecule has 0 radical (unpaired) electrons. The molecule has 1 nitrogen and oxygen atoms in total. The normalized spacial score (nSPS) is 11.6. The van der Waals surface area contributed by atoms with E-state index in [2.05, 4.69) is 4.74 Å². The van der Waals surface area contributed by atoms with Gasteiger partial charge in [-0.05, 0) is 41.3 Å². The van der Waals surface area contributed by atoms with Gasteiger partial charge in [-0.3, -0.25) is 0 Å². The summed E-state index contributed by atoms with van der Waals surface area (Å²) >= 11 is 0. The van der Waals surface area contributed by atoms with Crippen LogP contribution in [0.5, 0.6) is 5.75 Å². The molecule has 5 rings (SSSR count). The quantitative estimate of drug-likeness (QED) is 0.0963. The molecule has 0 aliphatic carbocycles. The molecule has 11 heteroatoms. The molecule has 0 fully saturated rings. The summed E-state index contributed by atoms with van der Waals surface area (Å²) in [5.74, 6) is -19.2. The van der Waals surface area contributed by atoms with Gasteiger partial charge in [0, 0.05) is 27.3 Å². The second-order valence-corrected chi connectivity index (χ2v) is 8.11. The molecule has 5 aromatic rings. The van der Waals surface area contributed by atoms with E-state index in [1.165, 1.54) is 0 Å². The number of hydrogen-bond donors (Lipinski definition) is 0. The summed E-state index contributed by atoms with van der Waals surface area (Å²) in [4.78, 5) is 0. The first-order valence-corrected chi connectivity index (χ1v) is 10.6. The van der Waals surface area contributed by atoms with Crippen LogP contribution in [0.4, 0.5) is 43.9 Å². The molecule has 0 saturated carbocycles. The Kier molecular flexibility index (Phi) is 5.96. The Morgan fingerprint density at radius 2 is 0.974 bits per heavy atom. The van der Waals surface area contributed by atoms with Crippen LogP contribution in [0.25, 0.3) is 43.8 Å². The summed E-state index contributed by atoms with van der Waals surface area (Å²) in [5.41, 5.74) is -3.88. The fraction of sp³-hybridized carbons (Fsp3) is 0.0370. The first-order chi connectivity index (χ1) is 18.0. The summed E-state index contributed by atoms with van der Waals surface area (Å²) in [6.07, 6.45) is 0. The van der Waals surface area contributed by atoms with Crippen molar-refractivity contribution in [2.45, 2.75) is 0 Å². The molecule has 194 valence electrons. The topological polar surface area (TPSA) is 9.23 Å². The van der Waals surface area contributed by atoms with E-state index in [1.54, 1.807) is 0 Å². The van der Waals surface area contributed by atoms with Crippen molar-refractivity contribution in [2.24, 2.45) is 0 Å². The molecule has 0 unspecified atom stereocenters. The molecular weight excluding hydrogens is 530 g/mol. The highest BCUT2D eigenvalue weighted by molar-refractivity contribution is 6.22. The Hall–Kier alpha value is -4.28. The molecule has 0 amide bonds. The molecule has 0 saturated heterocycles. The van der Waals surface area contributed by atoms with Gasteiger partial charge in [0.05, 0.1) is 12.7 Å². The fourth-order valence-electron chi connectivity index (χ4n) is 4.55. The van der Waals surface area contributed by atoms with Crippen LogP contribution in [0.3, 0.4) is 0 Å². The Morgan fingerprint density at radius 3 is 1.50 bits per heavy atom. The van der Waals surface area contributed by atoms with E-state index in [4.69, 9.17) is 0 Å². The fourth-order valence-corrected chi connectivity index (χ4v) is 4.55. The lowest BCUT2D eigenvalue weighted by molar-refractivity contribution is 0.334. The average molecular weight is 540 g/mol. The van der Waals surface area contributed by atoms with Crippen LogP contribution < -0.4 is 4.74 Å². The van der Waals surface area contributed by atoms with Gasteiger partial charge in [0.15, 0.2) is 34.8 Å². The van der Waals surface area contributed by atoms with E-state index in [9.17, 15) is 22.0 Å². The van der Waals surface area contributed by atoms with Crippen molar-refractivity contribution < 1.29 is 48.6 Å². The summed E-state index contributed by atoms with van der Waals surface area (Å²) in [7, 11) is 0.718. The molecule has 0 atom stereocenters. The SMILES string of the molecule is COc1c(F)c(F)c(-c2c3c(F)cccc3c(-c3cc(F)c(F)c(F)c3)c3c(F)ccc(F)c23)c(F)c1F. The molecule has 0 aliphatic heterocycles. The molecule has 0 spiro atoms. The van der Waals surface area contributed by atoms with Gasteiger partial charge in [0.2, 0.25) is 11.6 Å². The van der Waals surface area contributed by atoms with Crippen LogP contribution in [0.15, 0.2) is 42.5 Å². The Labute approximate surface area is 206 Å². The van der Waals surface area contributed by atoms with Gasteiger partial charge < -0.3 is 4.74 Å². The second kappa shape index (κ2) is 8.93. The van der Waals surface area contributed by atoms with Crippen molar-refractivity contribution in [1.82, 2.24) is 0 Å². The minimum absolute atomic E-state index is 0.426. The highest BCUT2D eigenvalue weighted by Crippen LogP contribution is 2.49. The molecule has 38 heavy (non-hydrogen) atoms. The average Bonchev–Trinajstić information content (AvgIpc) is 2.88. The zero-order valence-electron chi connectivity index (χ0n) is 18.7. The lowest BCUT2D eigenvalue weighted by Gasteiger charge is -2.20. The van der Waals surface area contributed by atoms with Crippen LogP contribution in [-0.4, -0.2) is 7.11 Å². The van der Waals surface area contributed by atoms with Gasteiger partial charge >= 0.3 is 0 Å². The monoisotopic (exact) mass is 540 g/mol. The van der Waals surface area contributed by atoms with Crippen molar-refractivity contribution in [1.29, 1.82) is 0 Å². The predicted octanol–water partition coefficient (Wildman–Crippen LogP) is 8.73. The number of methoxy groups -OCH3 is 1. The maximum atomic E-state index is 15.3. The van der Waals surface area contributed by atoms with E-state index in [-0.39, 0.29) is 0 Å². The van der Waals surface area contributed by atoms with E-state index in [0.29, 0.717) is 24.3 Å². The van der Waals surface area contributed by atoms with Gasteiger partial charge in [-0.2, -0.15) is 8.78 Å². The minimum atomic E-state index is -2.11. The standard InChI is InChI=1S/C27H10F10O/c1-38-27-25(36)23(34)21(24(35)26(27)37)20-17-10(3-2-4-11(17)28)16(9-7-14(31)22(33)15(32)8-9)18-12(29)5-6-13(30)19(18)20/h2-8H,1H3. The predicted molar refractivity (Wildman–Crippen MR) is 118 cm³/mol. The van der Waals surface area contributed by atoms with Crippen molar-refractivity contribution in [3.05, 3.63) is 101 Å². The number of benzene rings is 5. The molecule has 0 aromatic heterocycles. The second-order valence-electron chi connectivity index (χ2n) is 8.11. The maximum Gasteiger partial charge on any atom is 0.204 e. The van der Waals surface area contributed by atoms with Gasteiger partial charge in [-0.1, -0.05) is 12.1 Å². The highest BCUT2D eigenvalue weighted by atomic mass is 19.2. The highest BCUT2D eigenvalue weighted by Gasteiger charge is 2.32. The Bertz CT molecular complexity index is 1760. The van der Waals surface area contributed by atoms with Crippen LogP contribution in [-0.2, 0) is 0 Å². The van der Waals surface area contributed by atoms with Crippen LogP contribution >= 0.6 is 0 Å². The van der Waals surface area contributed by atoms with E-state index >= 15 is 22.0 Å². The van der Waals surface area contributed by atoms with Crippen molar-refractivity contribution in [3.63, 3.8) is 0 Å². The Morgan fingerprint density at radius 1 is 0.474 bits per heavy atom. The summed E-state index contributed by atoms with van der Waals surface area (Å²) < 4.78 is 152. The number of hydrogen-bond acceptors (Lipinski definition) is 1. The summed E-state index contributed by atoms with van der Waals surface area (Å²) in [6.45, 7) is 0. The third kappa shape index (κ3) is 3.48. The molecule has 0 bridgehead atoms. The van der Waals surface area contributed by atoms with Crippen LogP contribution in [0.2, 0.25) is 0 Å².